The number of benzene rings is 1. The molecule has 1 saturated heterocycles. The maximum Gasteiger partial charge on any atom is 0.255 e. The van der Waals surface area contributed by atoms with Crippen LogP contribution in [0.4, 0.5) is 15.8 Å². The number of carbonyl (C=O) groups is 1. The predicted molar refractivity (Wildman–Crippen MR) is 133 cm³/mol. The zero-order valence-electron chi connectivity index (χ0n) is 20.5. The van der Waals surface area contributed by atoms with Crippen LogP contribution in [0.2, 0.25) is 0 Å². The lowest BCUT2D eigenvalue weighted by Gasteiger charge is -2.42. The summed E-state index contributed by atoms with van der Waals surface area (Å²) in [5, 5.41) is 6.34. The van der Waals surface area contributed by atoms with Gasteiger partial charge in [0, 0.05) is 35.8 Å². The average molecular weight is 493 g/mol. The molecule has 1 saturated carbocycles. The van der Waals surface area contributed by atoms with Crippen LogP contribution < -0.4 is 20.1 Å². The SMILES string of the molecule is COc1c(F)cccc1Nc1c(-c2ccncc2OCC2CC(C)(C)O2)[nH]c2c1C(=O)NCC21CC1. The van der Waals surface area contributed by atoms with Gasteiger partial charge in [0.05, 0.1) is 47.6 Å². The molecule has 1 unspecified atom stereocenters. The first kappa shape index (κ1) is 22.8. The van der Waals surface area contributed by atoms with Crippen LogP contribution in [0.5, 0.6) is 11.5 Å². The van der Waals surface area contributed by atoms with E-state index in [0.717, 1.165) is 30.5 Å². The van der Waals surface area contributed by atoms with Crippen LogP contribution in [0.15, 0.2) is 36.7 Å². The fourth-order valence-corrected chi connectivity index (χ4v) is 5.37. The van der Waals surface area contributed by atoms with Gasteiger partial charge in [0.25, 0.3) is 5.91 Å². The van der Waals surface area contributed by atoms with Crippen LogP contribution in [-0.4, -0.2) is 47.8 Å². The number of nitrogens with zero attached hydrogens (tertiary/aromatic N) is 1. The molecule has 8 nitrogen and oxygen atoms in total. The van der Waals surface area contributed by atoms with Crippen molar-refractivity contribution in [2.24, 2.45) is 0 Å². The van der Waals surface area contributed by atoms with E-state index in [1.165, 1.54) is 13.2 Å². The molecule has 1 atom stereocenters. The molecule has 0 radical (unpaired) electrons. The number of halogens is 1. The zero-order chi connectivity index (χ0) is 25.1. The van der Waals surface area contributed by atoms with Gasteiger partial charge in [0.1, 0.15) is 12.4 Å². The molecule has 6 rings (SSSR count). The number of methoxy groups -OCH3 is 1. The summed E-state index contributed by atoms with van der Waals surface area (Å²) in [6.45, 7) is 5.10. The molecule has 9 heteroatoms. The molecule has 1 amide bonds. The molecule has 4 heterocycles. The molecule has 2 aliphatic heterocycles. The number of ether oxygens (including phenoxy) is 3. The van der Waals surface area contributed by atoms with E-state index < -0.39 is 5.82 Å². The second kappa shape index (κ2) is 8.23. The van der Waals surface area contributed by atoms with E-state index in [1.54, 1.807) is 24.5 Å². The minimum absolute atomic E-state index is 0.0135. The topological polar surface area (TPSA) is 97.5 Å². The highest BCUT2D eigenvalue weighted by atomic mass is 19.1. The number of amides is 1. The van der Waals surface area contributed by atoms with Crippen LogP contribution in [0, 0.1) is 5.82 Å². The fourth-order valence-electron chi connectivity index (χ4n) is 5.37. The third kappa shape index (κ3) is 3.78. The second-order valence-electron chi connectivity index (χ2n) is 10.4. The highest BCUT2D eigenvalue weighted by molar-refractivity contribution is 6.07. The molecule has 1 spiro atoms. The number of para-hydroxylation sites is 1. The maximum absolute atomic E-state index is 14.5. The number of aromatic amines is 1. The minimum Gasteiger partial charge on any atom is -0.492 e. The summed E-state index contributed by atoms with van der Waals surface area (Å²) in [6.07, 6.45) is 6.24. The molecule has 1 aliphatic carbocycles. The molecule has 3 aromatic rings. The number of anilines is 2. The Morgan fingerprint density at radius 1 is 1.28 bits per heavy atom. The van der Waals surface area contributed by atoms with E-state index in [0.29, 0.717) is 41.5 Å². The van der Waals surface area contributed by atoms with Gasteiger partial charge >= 0.3 is 0 Å². The fraction of sp³-hybridized carbons (Fsp3) is 0.407. The summed E-state index contributed by atoms with van der Waals surface area (Å²) < 4.78 is 31.9. The largest absolute Gasteiger partial charge is 0.492 e. The Labute approximate surface area is 208 Å². The second-order valence-corrected chi connectivity index (χ2v) is 10.4. The summed E-state index contributed by atoms with van der Waals surface area (Å²) in [5.74, 6) is -0.0203. The molecule has 36 heavy (non-hydrogen) atoms. The first-order valence-corrected chi connectivity index (χ1v) is 12.2. The van der Waals surface area contributed by atoms with Crippen LogP contribution in [0.25, 0.3) is 11.3 Å². The Balaban J connectivity index is 1.44. The number of pyridine rings is 1. The van der Waals surface area contributed by atoms with E-state index in [1.807, 2.05) is 6.07 Å². The van der Waals surface area contributed by atoms with Gasteiger partial charge in [0.15, 0.2) is 11.6 Å². The standard InChI is InChI=1S/C27H29FN4O4/c1-26(2)11-15(36-26)13-35-19-12-29-10-7-16(19)21-22(31-18-6-4-5-17(28)23(18)34-3)20-24(32-21)27(8-9-27)14-30-25(20)33/h4-7,10,12,15,31-32H,8-9,11,13-14H2,1-3H3,(H,30,33). The van der Waals surface area contributed by atoms with Gasteiger partial charge in [-0.3, -0.25) is 9.78 Å². The number of fused-ring (bicyclic) bond motifs is 2. The Morgan fingerprint density at radius 3 is 2.81 bits per heavy atom. The van der Waals surface area contributed by atoms with Crippen molar-refractivity contribution in [3.63, 3.8) is 0 Å². The summed E-state index contributed by atoms with van der Waals surface area (Å²) in [7, 11) is 1.42. The number of aromatic nitrogens is 2. The van der Waals surface area contributed by atoms with Gasteiger partial charge in [-0.25, -0.2) is 4.39 Å². The highest BCUT2D eigenvalue weighted by Crippen LogP contribution is 2.54. The van der Waals surface area contributed by atoms with Gasteiger partial charge in [-0.15, -0.1) is 0 Å². The molecule has 2 aromatic heterocycles. The summed E-state index contributed by atoms with van der Waals surface area (Å²) in [4.78, 5) is 21.0. The number of carbonyl (C=O) groups excluding carboxylic acids is 1. The Bertz CT molecular complexity index is 1340. The third-order valence-corrected chi connectivity index (χ3v) is 7.31. The molecule has 3 N–H and O–H groups in total. The average Bonchev–Trinajstić information content (AvgIpc) is 3.52. The lowest BCUT2D eigenvalue weighted by Crippen LogP contribution is -2.48. The maximum atomic E-state index is 14.5. The van der Waals surface area contributed by atoms with Crippen molar-refractivity contribution in [3.05, 3.63) is 53.7 Å². The Kier molecular flexibility index (Phi) is 5.22. The van der Waals surface area contributed by atoms with Crippen LogP contribution in [-0.2, 0) is 10.2 Å². The van der Waals surface area contributed by atoms with Crippen LogP contribution in [0.3, 0.4) is 0 Å². The molecule has 1 aromatic carbocycles. The highest BCUT2D eigenvalue weighted by Gasteiger charge is 2.52. The summed E-state index contributed by atoms with van der Waals surface area (Å²) in [5.41, 5.74) is 3.60. The smallest absolute Gasteiger partial charge is 0.255 e. The minimum atomic E-state index is -0.493. The molecule has 0 bridgehead atoms. The lowest BCUT2D eigenvalue weighted by molar-refractivity contribution is -0.194. The number of hydrogen-bond donors (Lipinski definition) is 3. The molecule has 188 valence electrons. The Hall–Kier alpha value is -3.59. The van der Waals surface area contributed by atoms with Crippen molar-refractivity contribution in [2.75, 3.05) is 25.6 Å². The third-order valence-electron chi connectivity index (χ3n) is 7.31. The van der Waals surface area contributed by atoms with Crippen molar-refractivity contribution in [1.29, 1.82) is 0 Å². The quantitative estimate of drug-likeness (QED) is 0.443. The first-order valence-electron chi connectivity index (χ1n) is 12.2. The van der Waals surface area contributed by atoms with Crippen molar-refractivity contribution < 1.29 is 23.4 Å². The molecule has 3 aliphatic rings. The number of H-pyrrole nitrogens is 1. The normalized spacial score (nSPS) is 20.8. The first-order chi connectivity index (χ1) is 17.3. The van der Waals surface area contributed by atoms with Crippen LogP contribution >= 0.6 is 0 Å². The molecular formula is C27H29FN4O4. The van der Waals surface area contributed by atoms with Gasteiger partial charge < -0.3 is 29.8 Å². The van der Waals surface area contributed by atoms with Crippen molar-refractivity contribution in [3.8, 4) is 22.8 Å². The number of hydrogen-bond acceptors (Lipinski definition) is 6. The predicted octanol–water partition coefficient (Wildman–Crippen LogP) is 4.69. The number of nitrogens with one attached hydrogen (secondary N) is 3. The molecular weight excluding hydrogens is 463 g/mol. The van der Waals surface area contributed by atoms with Gasteiger partial charge in [-0.1, -0.05) is 6.07 Å². The van der Waals surface area contributed by atoms with E-state index in [4.69, 9.17) is 14.2 Å². The van der Waals surface area contributed by atoms with Gasteiger partial charge in [0.2, 0.25) is 0 Å². The molecule has 2 fully saturated rings. The summed E-state index contributed by atoms with van der Waals surface area (Å²) >= 11 is 0. The zero-order valence-corrected chi connectivity index (χ0v) is 20.5. The van der Waals surface area contributed by atoms with E-state index >= 15 is 0 Å². The van der Waals surface area contributed by atoms with E-state index in [-0.39, 0.29) is 28.8 Å². The van der Waals surface area contributed by atoms with Gasteiger partial charge in [-0.05, 0) is 44.9 Å². The summed E-state index contributed by atoms with van der Waals surface area (Å²) in [6, 6.07) is 6.51. The van der Waals surface area contributed by atoms with Crippen molar-refractivity contribution >= 4 is 17.3 Å². The van der Waals surface area contributed by atoms with Crippen molar-refractivity contribution in [1.82, 2.24) is 15.3 Å². The van der Waals surface area contributed by atoms with Crippen molar-refractivity contribution in [2.45, 2.75) is 50.2 Å². The van der Waals surface area contributed by atoms with Gasteiger partial charge in [-0.2, -0.15) is 0 Å². The van der Waals surface area contributed by atoms with Crippen LogP contribution in [0.1, 0.15) is 49.2 Å². The Morgan fingerprint density at radius 2 is 2.08 bits per heavy atom. The van der Waals surface area contributed by atoms with E-state index in [9.17, 15) is 9.18 Å². The van der Waals surface area contributed by atoms with E-state index in [2.05, 4.69) is 34.4 Å². The number of rotatable bonds is 7. The monoisotopic (exact) mass is 492 g/mol. The lowest BCUT2D eigenvalue weighted by atomic mass is 9.93.